The van der Waals surface area contributed by atoms with E-state index in [1.165, 1.54) is 43.4 Å². The number of fused-ring (bicyclic) bond motifs is 1. The number of aromatic nitrogens is 2. The Morgan fingerprint density at radius 2 is 1.83 bits per heavy atom. The maximum Gasteiger partial charge on any atom is 0.226 e. The number of anilines is 2. The summed E-state index contributed by atoms with van der Waals surface area (Å²) in [5, 5.41) is 7.77. The molecular weight excluding hydrogens is 364 g/mol. The van der Waals surface area contributed by atoms with Gasteiger partial charge in [-0.05, 0) is 36.5 Å². The third-order valence-electron chi connectivity index (χ3n) is 6.72. The predicted molar refractivity (Wildman–Crippen MR) is 113 cm³/mol. The first-order valence-electron chi connectivity index (χ1n) is 11.1. The molecule has 2 aliphatic heterocycles. The minimum atomic E-state index is 0.0811. The van der Waals surface area contributed by atoms with Crippen LogP contribution in [-0.4, -0.2) is 42.0 Å². The van der Waals surface area contributed by atoms with Crippen molar-refractivity contribution < 1.29 is 9.53 Å². The summed E-state index contributed by atoms with van der Waals surface area (Å²) >= 11 is 0. The summed E-state index contributed by atoms with van der Waals surface area (Å²) < 4.78 is 7.49. The van der Waals surface area contributed by atoms with E-state index in [-0.39, 0.29) is 11.8 Å². The molecule has 0 spiro atoms. The zero-order valence-electron chi connectivity index (χ0n) is 17.0. The summed E-state index contributed by atoms with van der Waals surface area (Å²) in [6, 6.07) is 8.71. The second kappa shape index (κ2) is 8.19. The number of nitrogens with zero attached hydrogens (tertiary/aromatic N) is 3. The highest BCUT2D eigenvalue weighted by molar-refractivity contribution is 5.94. The molecule has 0 bridgehead atoms. The van der Waals surface area contributed by atoms with Crippen molar-refractivity contribution in [2.45, 2.75) is 51.0 Å². The number of carbonyl (C=O) groups is 1. The van der Waals surface area contributed by atoms with Crippen molar-refractivity contribution in [2.24, 2.45) is 5.92 Å². The molecule has 5 rings (SSSR count). The fourth-order valence-electron chi connectivity index (χ4n) is 5.06. The summed E-state index contributed by atoms with van der Waals surface area (Å²) in [6.07, 6.45) is 8.99. The first-order valence-corrected chi connectivity index (χ1v) is 11.1. The Balaban J connectivity index is 1.37. The van der Waals surface area contributed by atoms with Crippen LogP contribution in [-0.2, 0) is 16.1 Å². The quantitative estimate of drug-likeness (QED) is 0.858. The number of morpholine rings is 1. The van der Waals surface area contributed by atoms with Gasteiger partial charge >= 0.3 is 0 Å². The molecule has 1 aromatic carbocycles. The van der Waals surface area contributed by atoms with Gasteiger partial charge in [0.25, 0.3) is 0 Å². The number of carbonyl (C=O) groups excluding carboxylic acids is 1. The molecule has 6 nitrogen and oxygen atoms in total. The predicted octanol–water partition coefficient (Wildman–Crippen LogP) is 3.77. The van der Waals surface area contributed by atoms with Crippen molar-refractivity contribution >= 4 is 17.4 Å². The average Bonchev–Trinajstić information content (AvgIpc) is 3.17. The van der Waals surface area contributed by atoms with Crippen LogP contribution in [0.1, 0.15) is 55.6 Å². The van der Waals surface area contributed by atoms with Crippen LogP contribution in [0, 0.1) is 5.92 Å². The molecule has 3 aliphatic rings. The van der Waals surface area contributed by atoms with E-state index >= 15 is 0 Å². The van der Waals surface area contributed by atoms with Crippen LogP contribution < -0.4 is 10.2 Å². The van der Waals surface area contributed by atoms with Gasteiger partial charge in [-0.15, -0.1) is 0 Å². The number of amides is 1. The van der Waals surface area contributed by atoms with Crippen molar-refractivity contribution in [2.75, 3.05) is 36.5 Å². The van der Waals surface area contributed by atoms with Gasteiger partial charge in [-0.1, -0.05) is 31.4 Å². The number of nitrogens with one attached hydrogen (secondary N) is 1. The summed E-state index contributed by atoms with van der Waals surface area (Å²) in [5.41, 5.74) is 3.57. The smallest absolute Gasteiger partial charge is 0.226 e. The average molecular weight is 395 g/mol. The summed E-state index contributed by atoms with van der Waals surface area (Å²) in [7, 11) is 0. The van der Waals surface area contributed by atoms with E-state index < -0.39 is 0 Å². The van der Waals surface area contributed by atoms with Crippen LogP contribution in [0.3, 0.4) is 0 Å². The fourth-order valence-corrected chi connectivity index (χ4v) is 5.06. The molecule has 1 aliphatic carbocycles. The Labute approximate surface area is 172 Å². The van der Waals surface area contributed by atoms with Gasteiger partial charge in [0.1, 0.15) is 5.82 Å². The second-order valence-electron chi connectivity index (χ2n) is 8.63. The Morgan fingerprint density at radius 1 is 1.07 bits per heavy atom. The first kappa shape index (κ1) is 18.7. The Bertz CT molecular complexity index is 848. The van der Waals surface area contributed by atoms with E-state index in [0.29, 0.717) is 12.3 Å². The van der Waals surface area contributed by atoms with Gasteiger partial charge in [0, 0.05) is 43.2 Å². The first-order chi connectivity index (χ1) is 14.3. The third kappa shape index (κ3) is 3.90. The van der Waals surface area contributed by atoms with Crippen molar-refractivity contribution in [3.05, 3.63) is 41.6 Å². The normalized spacial score (nSPS) is 23.0. The SMILES string of the molecule is O=C1CC(c2ccc(N3CCOCC3)cc2)c2cnn(CC3CCCCC3)c2N1. The van der Waals surface area contributed by atoms with E-state index in [1.807, 2.05) is 10.9 Å². The lowest BCUT2D eigenvalue weighted by molar-refractivity contribution is -0.116. The molecular formula is C23H30N4O2. The molecule has 2 fully saturated rings. The lowest BCUT2D eigenvalue weighted by atomic mass is 9.87. The number of benzene rings is 1. The van der Waals surface area contributed by atoms with Crippen LogP contribution >= 0.6 is 0 Å². The third-order valence-corrected chi connectivity index (χ3v) is 6.72. The maximum absolute atomic E-state index is 12.5. The number of rotatable bonds is 4. The number of hydrogen-bond donors (Lipinski definition) is 1. The van der Waals surface area contributed by atoms with Crippen LogP contribution in [0.4, 0.5) is 11.5 Å². The molecule has 1 unspecified atom stereocenters. The standard InChI is InChI=1S/C23H30N4O2/c28-22-14-20(18-6-8-19(9-7-18)26-10-12-29-13-11-26)21-15-24-27(23(21)25-22)16-17-4-2-1-3-5-17/h6-9,15,17,20H,1-5,10-14,16H2,(H,25,28). The van der Waals surface area contributed by atoms with Gasteiger partial charge in [-0.2, -0.15) is 5.10 Å². The Morgan fingerprint density at radius 3 is 2.59 bits per heavy atom. The lowest BCUT2D eigenvalue weighted by Gasteiger charge is -2.29. The minimum Gasteiger partial charge on any atom is -0.378 e. The van der Waals surface area contributed by atoms with Gasteiger partial charge in [0.15, 0.2) is 0 Å². The zero-order valence-corrected chi connectivity index (χ0v) is 17.0. The minimum absolute atomic E-state index is 0.0811. The van der Waals surface area contributed by atoms with E-state index in [0.717, 1.165) is 44.2 Å². The molecule has 1 amide bonds. The van der Waals surface area contributed by atoms with Crippen molar-refractivity contribution in [3.8, 4) is 0 Å². The molecule has 1 aromatic heterocycles. The van der Waals surface area contributed by atoms with Crippen molar-refractivity contribution in [1.82, 2.24) is 9.78 Å². The number of ether oxygens (including phenoxy) is 1. The molecule has 2 aromatic rings. The highest BCUT2D eigenvalue weighted by Gasteiger charge is 2.30. The van der Waals surface area contributed by atoms with Gasteiger partial charge in [0.05, 0.1) is 19.4 Å². The van der Waals surface area contributed by atoms with E-state index in [1.54, 1.807) is 0 Å². The van der Waals surface area contributed by atoms with E-state index in [4.69, 9.17) is 4.74 Å². The lowest BCUT2D eigenvalue weighted by Crippen LogP contribution is -2.36. The highest BCUT2D eigenvalue weighted by Crippen LogP contribution is 2.38. The largest absolute Gasteiger partial charge is 0.378 e. The molecule has 0 radical (unpaired) electrons. The number of hydrogen-bond acceptors (Lipinski definition) is 4. The molecule has 1 saturated heterocycles. The van der Waals surface area contributed by atoms with E-state index in [9.17, 15) is 4.79 Å². The molecule has 1 atom stereocenters. The molecule has 6 heteroatoms. The van der Waals surface area contributed by atoms with Gasteiger partial charge in [-0.3, -0.25) is 4.79 Å². The van der Waals surface area contributed by atoms with Crippen molar-refractivity contribution in [3.63, 3.8) is 0 Å². The molecule has 154 valence electrons. The van der Waals surface area contributed by atoms with Gasteiger partial charge < -0.3 is 15.0 Å². The molecule has 29 heavy (non-hydrogen) atoms. The topological polar surface area (TPSA) is 59.4 Å². The Kier molecular flexibility index (Phi) is 5.27. The van der Waals surface area contributed by atoms with Crippen LogP contribution in [0.15, 0.2) is 30.5 Å². The van der Waals surface area contributed by atoms with Crippen molar-refractivity contribution in [1.29, 1.82) is 0 Å². The van der Waals surface area contributed by atoms with Gasteiger partial charge in [0.2, 0.25) is 5.91 Å². The van der Waals surface area contributed by atoms with Crippen LogP contribution in [0.5, 0.6) is 0 Å². The molecule has 1 saturated carbocycles. The molecule has 3 heterocycles. The monoisotopic (exact) mass is 394 g/mol. The second-order valence-corrected chi connectivity index (χ2v) is 8.63. The highest BCUT2D eigenvalue weighted by atomic mass is 16.5. The molecule has 1 N–H and O–H groups in total. The fraction of sp³-hybridized carbons (Fsp3) is 0.565. The zero-order chi connectivity index (χ0) is 19.6. The Hall–Kier alpha value is -2.34. The summed E-state index contributed by atoms with van der Waals surface area (Å²) in [4.78, 5) is 14.8. The van der Waals surface area contributed by atoms with Gasteiger partial charge in [-0.25, -0.2) is 4.68 Å². The maximum atomic E-state index is 12.5. The van der Waals surface area contributed by atoms with Crippen LogP contribution in [0.2, 0.25) is 0 Å². The van der Waals surface area contributed by atoms with E-state index in [2.05, 4.69) is 39.6 Å². The summed E-state index contributed by atoms with van der Waals surface area (Å²) in [6.45, 7) is 4.35. The van der Waals surface area contributed by atoms with Crippen LogP contribution in [0.25, 0.3) is 0 Å². The summed E-state index contributed by atoms with van der Waals surface area (Å²) in [5.74, 6) is 1.76.